The maximum absolute atomic E-state index is 13.7. The van der Waals surface area contributed by atoms with Crippen LogP contribution in [0.4, 0.5) is 5.69 Å². The van der Waals surface area contributed by atoms with E-state index in [9.17, 15) is 14.4 Å². The van der Waals surface area contributed by atoms with Crippen molar-refractivity contribution in [3.63, 3.8) is 0 Å². The zero-order chi connectivity index (χ0) is 34.6. The normalized spacial score (nSPS) is 11.0. The highest BCUT2D eigenvalue weighted by atomic mass is 35.5. The van der Waals surface area contributed by atoms with Crippen LogP contribution < -0.4 is 20.3 Å². The summed E-state index contributed by atoms with van der Waals surface area (Å²) in [6.45, 7) is 2.09. The van der Waals surface area contributed by atoms with E-state index < -0.39 is 11.9 Å². The Kier molecular flexibility index (Phi) is 8.96. The van der Waals surface area contributed by atoms with Crippen LogP contribution in [0, 0.1) is 0 Å². The molecule has 2 heterocycles. The van der Waals surface area contributed by atoms with E-state index in [-0.39, 0.29) is 35.0 Å². The van der Waals surface area contributed by atoms with Crippen molar-refractivity contribution in [1.29, 1.82) is 0 Å². The quantitative estimate of drug-likeness (QED) is 0.147. The predicted molar refractivity (Wildman–Crippen MR) is 189 cm³/mol. The van der Waals surface area contributed by atoms with Crippen molar-refractivity contribution in [3.8, 4) is 22.9 Å². The molecule has 5 aromatic carbocycles. The molecule has 2 aromatic heterocycles. The summed E-state index contributed by atoms with van der Waals surface area (Å²) in [5, 5.41) is 12.2. The van der Waals surface area contributed by atoms with Crippen molar-refractivity contribution in [3.05, 3.63) is 154 Å². The van der Waals surface area contributed by atoms with E-state index in [0.29, 0.717) is 51.0 Å². The Labute approximate surface area is 290 Å². The van der Waals surface area contributed by atoms with Gasteiger partial charge in [-0.25, -0.2) is 9.36 Å². The molecule has 0 atom stereocenters. The molecule has 12 heteroatoms. The molecular formula is C38H28ClN5O6. The first kappa shape index (κ1) is 32.1. The first-order chi connectivity index (χ1) is 24.4. The zero-order valence-corrected chi connectivity index (χ0v) is 27.3. The average Bonchev–Trinajstić information content (AvgIpc) is 3.56. The van der Waals surface area contributed by atoms with Gasteiger partial charge in [-0.1, -0.05) is 41.9 Å². The first-order valence-corrected chi connectivity index (χ1v) is 16.0. The van der Waals surface area contributed by atoms with Crippen LogP contribution in [0.1, 0.15) is 33.5 Å². The Hall–Kier alpha value is -6.46. The van der Waals surface area contributed by atoms with Crippen LogP contribution in [-0.2, 0) is 11.3 Å². The number of para-hydroxylation sites is 2. The van der Waals surface area contributed by atoms with E-state index in [4.69, 9.17) is 25.8 Å². The molecule has 248 valence electrons. The average molecular weight is 686 g/mol. The van der Waals surface area contributed by atoms with Gasteiger partial charge in [0, 0.05) is 10.6 Å². The van der Waals surface area contributed by atoms with Gasteiger partial charge >= 0.3 is 5.97 Å². The molecule has 0 aliphatic heterocycles. The van der Waals surface area contributed by atoms with Crippen LogP contribution in [0.3, 0.4) is 0 Å². The summed E-state index contributed by atoms with van der Waals surface area (Å²) in [6, 6.07) is 34.4. The Morgan fingerprint density at radius 3 is 2.26 bits per heavy atom. The van der Waals surface area contributed by atoms with Crippen LogP contribution in [0.15, 0.2) is 126 Å². The van der Waals surface area contributed by atoms with E-state index in [0.717, 1.165) is 0 Å². The molecule has 0 aliphatic carbocycles. The summed E-state index contributed by atoms with van der Waals surface area (Å²) >= 11 is 6.34. The third-order valence-corrected chi connectivity index (χ3v) is 8.01. The molecule has 1 N–H and O–H groups in total. The molecule has 0 bridgehead atoms. The summed E-state index contributed by atoms with van der Waals surface area (Å²) in [5.41, 5.74) is 1.43. The lowest BCUT2D eigenvalue weighted by atomic mass is 10.1. The number of carbonyl (C=O) groups is 2. The number of hydrogen-bond acceptors (Lipinski definition) is 8. The molecule has 0 unspecified atom stereocenters. The highest BCUT2D eigenvalue weighted by Gasteiger charge is 2.21. The lowest BCUT2D eigenvalue weighted by Gasteiger charge is -2.13. The monoisotopic (exact) mass is 685 g/mol. The molecule has 50 heavy (non-hydrogen) atoms. The second kappa shape index (κ2) is 14.0. The largest absolute Gasteiger partial charge is 0.494 e. The SMILES string of the molecule is CCOc1ccc(-n2c(=O)c3ccc(Cl)cc3n3c(COC(=O)c4ccccc4NC(=O)c4ccc(Oc5ccccc5)cc4)nnc23)cc1. The number of aromatic nitrogens is 4. The van der Waals surface area contributed by atoms with Crippen LogP contribution in [0.5, 0.6) is 17.2 Å². The van der Waals surface area contributed by atoms with Crippen molar-refractivity contribution >= 4 is 45.8 Å². The minimum atomic E-state index is -0.702. The summed E-state index contributed by atoms with van der Waals surface area (Å²) in [5.74, 6) is 1.23. The highest BCUT2D eigenvalue weighted by molar-refractivity contribution is 6.31. The summed E-state index contributed by atoms with van der Waals surface area (Å²) < 4.78 is 20.1. The van der Waals surface area contributed by atoms with Gasteiger partial charge in [-0.2, -0.15) is 0 Å². The fourth-order valence-corrected chi connectivity index (χ4v) is 5.60. The fraction of sp³-hybridized carbons (Fsp3) is 0.0789. The third kappa shape index (κ3) is 6.49. The molecule has 7 rings (SSSR count). The van der Waals surface area contributed by atoms with Gasteiger partial charge in [-0.3, -0.25) is 14.0 Å². The maximum atomic E-state index is 13.7. The predicted octanol–water partition coefficient (Wildman–Crippen LogP) is 7.49. The second-order valence-corrected chi connectivity index (χ2v) is 11.4. The van der Waals surface area contributed by atoms with Gasteiger partial charge in [0.1, 0.15) is 17.2 Å². The Morgan fingerprint density at radius 1 is 0.800 bits per heavy atom. The van der Waals surface area contributed by atoms with E-state index in [2.05, 4.69) is 15.5 Å². The Bertz CT molecular complexity index is 2410. The van der Waals surface area contributed by atoms with E-state index >= 15 is 0 Å². The van der Waals surface area contributed by atoms with Crippen molar-refractivity contribution < 1.29 is 23.8 Å². The molecule has 0 fully saturated rings. The topological polar surface area (TPSA) is 126 Å². The number of ether oxygens (including phenoxy) is 3. The maximum Gasteiger partial charge on any atom is 0.340 e. The van der Waals surface area contributed by atoms with Crippen LogP contribution in [-0.4, -0.2) is 37.6 Å². The van der Waals surface area contributed by atoms with Crippen molar-refractivity contribution in [2.24, 2.45) is 0 Å². The van der Waals surface area contributed by atoms with E-state index in [1.54, 1.807) is 95.4 Å². The number of carbonyl (C=O) groups excluding carboxylic acids is 2. The number of nitrogens with one attached hydrogen (secondary N) is 1. The molecule has 0 saturated heterocycles. The molecule has 0 saturated carbocycles. The molecule has 0 aliphatic rings. The van der Waals surface area contributed by atoms with Gasteiger partial charge < -0.3 is 19.5 Å². The number of anilines is 1. The van der Waals surface area contributed by atoms with E-state index in [1.807, 2.05) is 37.3 Å². The minimum Gasteiger partial charge on any atom is -0.494 e. The number of rotatable bonds is 10. The summed E-state index contributed by atoms with van der Waals surface area (Å²) in [6.07, 6.45) is 0. The van der Waals surface area contributed by atoms with Crippen LogP contribution in [0.2, 0.25) is 5.02 Å². The van der Waals surface area contributed by atoms with Gasteiger partial charge in [0.05, 0.1) is 34.4 Å². The van der Waals surface area contributed by atoms with Crippen molar-refractivity contribution in [2.45, 2.75) is 13.5 Å². The zero-order valence-electron chi connectivity index (χ0n) is 26.6. The lowest BCUT2D eigenvalue weighted by Crippen LogP contribution is -2.22. The van der Waals surface area contributed by atoms with Crippen LogP contribution in [0.25, 0.3) is 22.4 Å². The smallest absolute Gasteiger partial charge is 0.340 e. The van der Waals surface area contributed by atoms with E-state index in [1.165, 1.54) is 4.57 Å². The minimum absolute atomic E-state index is 0.137. The first-order valence-electron chi connectivity index (χ1n) is 15.6. The van der Waals surface area contributed by atoms with Gasteiger partial charge in [-0.05, 0) is 97.9 Å². The molecule has 1 amide bonds. The summed E-state index contributed by atoms with van der Waals surface area (Å²) in [7, 11) is 0. The number of amides is 1. The summed E-state index contributed by atoms with van der Waals surface area (Å²) in [4.78, 5) is 40.3. The standard InChI is InChI=1S/C38H28ClN5O6/c1-2-48-27-19-15-26(16-20-27)43-36(46)31-21-14-25(39)22-33(31)44-34(41-42-38(43)44)23-49-37(47)30-10-6-7-11-32(30)40-35(45)24-12-17-29(18-13-24)50-28-8-4-3-5-9-28/h3-22H,2,23H2,1H3,(H,40,45). The van der Waals surface area contributed by atoms with Crippen molar-refractivity contribution in [2.75, 3.05) is 11.9 Å². The number of nitrogens with zero attached hydrogens (tertiary/aromatic N) is 4. The molecular weight excluding hydrogens is 658 g/mol. The van der Waals surface area contributed by atoms with Gasteiger partial charge in [-0.15, -0.1) is 10.2 Å². The fourth-order valence-electron chi connectivity index (χ4n) is 5.44. The molecule has 7 aromatic rings. The van der Waals surface area contributed by atoms with Gasteiger partial charge in [0.25, 0.3) is 11.5 Å². The number of benzene rings is 5. The van der Waals surface area contributed by atoms with Crippen LogP contribution >= 0.6 is 11.6 Å². The third-order valence-electron chi connectivity index (χ3n) is 7.78. The Balaban J connectivity index is 1.13. The molecule has 0 spiro atoms. The lowest BCUT2D eigenvalue weighted by molar-refractivity contribution is 0.0462. The molecule has 11 nitrogen and oxygen atoms in total. The molecule has 0 radical (unpaired) electrons. The number of fused-ring (bicyclic) bond motifs is 3. The van der Waals surface area contributed by atoms with Crippen molar-refractivity contribution in [1.82, 2.24) is 19.2 Å². The second-order valence-electron chi connectivity index (χ2n) is 11.0. The number of halogens is 1. The number of esters is 1. The Morgan fingerprint density at radius 2 is 1.50 bits per heavy atom. The number of hydrogen-bond donors (Lipinski definition) is 1. The van der Waals surface area contributed by atoms with Gasteiger partial charge in [0.15, 0.2) is 12.4 Å². The van der Waals surface area contributed by atoms with Gasteiger partial charge in [0.2, 0.25) is 5.78 Å². The highest BCUT2D eigenvalue weighted by Crippen LogP contribution is 2.25.